The van der Waals surface area contributed by atoms with Gasteiger partial charge in [0.1, 0.15) is 18.7 Å². The largest absolute Gasteiger partial charge is 0.333 e. The molecule has 1 aliphatic rings. The third-order valence-corrected chi connectivity index (χ3v) is 4.66. The number of carbonyl (C=O) groups excluding carboxylic acids is 1. The number of carbonyl (C=O) groups is 1. The van der Waals surface area contributed by atoms with E-state index >= 15 is 0 Å². The first-order valence-electron chi connectivity index (χ1n) is 8.21. The van der Waals surface area contributed by atoms with Crippen LogP contribution in [-0.4, -0.2) is 36.9 Å². The number of hydrogen-bond acceptors (Lipinski definition) is 4. The number of hydrogen-bond donors (Lipinski definition) is 0. The van der Waals surface area contributed by atoms with Gasteiger partial charge in [0, 0.05) is 12.7 Å². The van der Waals surface area contributed by atoms with E-state index in [1.807, 2.05) is 46.7 Å². The van der Waals surface area contributed by atoms with Crippen molar-refractivity contribution in [3.8, 4) is 0 Å². The number of aromatic nitrogens is 4. The van der Waals surface area contributed by atoms with Crippen LogP contribution in [0.25, 0.3) is 11.0 Å². The molecule has 6 nitrogen and oxygen atoms in total. The normalized spacial score (nSPS) is 17.5. The average Bonchev–Trinajstić information content (AvgIpc) is 3.21. The third kappa shape index (κ3) is 2.54. The van der Waals surface area contributed by atoms with Crippen molar-refractivity contribution in [3.05, 3.63) is 54.4 Å². The highest BCUT2D eigenvalue weighted by Gasteiger charge is 2.31. The zero-order valence-corrected chi connectivity index (χ0v) is 13.6. The predicted octanol–water partition coefficient (Wildman–Crippen LogP) is 2.50. The Morgan fingerprint density at radius 2 is 2.17 bits per heavy atom. The number of nitrogens with zero attached hydrogens (tertiary/aromatic N) is 5. The van der Waals surface area contributed by atoms with Gasteiger partial charge in [0.15, 0.2) is 0 Å². The monoisotopic (exact) mass is 321 g/mol. The lowest BCUT2D eigenvalue weighted by Gasteiger charge is -2.24. The molecule has 1 amide bonds. The van der Waals surface area contributed by atoms with Crippen LogP contribution in [0, 0.1) is 6.92 Å². The van der Waals surface area contributed by atoms with E-state index in [2.05, 4.69) is 15.0 Å². The lowest BCUT2D eigenvalue weighted by molar-refractivity contribution is -0.132. The highest BCUT2D eigenvalue weighted by Crippen LogP contribution is 2.31. The lowest BCUT2D eigenvalue weighted by atomic mass is 10.1. The van der Waals surface area contributed by atoms with Crippen LogP contribution in [0.2, 0.25) is 0 Å². The van der Waals surface area contributed by atoms with Crippen LogP contribution in [0.5, 0.6) is 0 Å². The van der Waals surface area contributed by atoms with Gasteiger partial charge in [0.2, 0.25) is 5.91 Å². The maximum absolute atomic E-state index is 12.9. The molecule has 6 heteroatoms. The Labute approximate surface area is 140 Å². The Morgan fingerprint density at radius 3 is 3.00 bits per heavy atom. The van der Waals surface area contributed by atoms with Gasteiger partial charge in [0.25, 0.3) is 0 Å². The van der Waals surface area contributed by atoms with Crippen LogP contribution >= 0.6 is 0 Å². The Kier molecular flexibility index (Phi) is 3.72. The second-order valence-corrected chi connectivity index (χ2v) is 6.11. The SMILES string of the molecule is Cc1nc2ccccc2n1CC(=O)N1CCC[C@H]1c1ccncn1. The maximum Gasteiger partial charge on any atom is 0.243 e. The van der Waals surface area contributed by atoms with Crippen molar-refractivity contribution in [1.82, 2.24) is 24.4 Å². The number of rotatable bonds is 3. The number of aryl methyl sites for hydroxylation is 1. The molecule has 0 bridgehead atoms. The summed E-state index contributed by atoms with van der Waals surface area (Å²) < 4.78 is 1.99. The molecule has 0 aliphatic carbocycles. The van der Waals surface area contributed by atoms with Crippen LogP contribution in [-0.2, 0) is 11.3 Å². The average molecular weight is 321 g/mol. The summed E-state index contributed by atoms with van der Waals surface area (Å²) >= 11 is 0. The Bertz CT molecular complexity index is 874. The molecule has 4 rings (SSSR count). The van der Waals surface area contributed by atoms with Crippen LogP contribution in [0.3, 0.4) is 0 Å². The summed E-state index contributed by atoms with van der Waals surface area (Å²) in [6.45, 7) is 3.03. The molecule has 0 radical (unpaired) electrons. The van der Waals surface area contributed by atoms with E-state index in [-0.39, 0.29) is 11.9 Å². The van der Waals surface area contributed by atoms with E-state index in [0.29, 0.717) is 6.54 Å². The third-order valence-electron chi connectivity index (χ3n) is 4.66. The first kappa shape index (κ1) is 14.8. The Balaban J connectivity index is 1.60. The van der Waals surface area contributed by atoms with Crippen molar-refractivity contribution in [2.45, 2.75) is 32.4 Å². The maximum atomic E-state index is 12.9. The van der Waals surface area contributed by atoms with E-state index < -0.39 is 0 Å². The molecular weight excluding hydrogens is 302 g/mol. The van der Waals surface area contributed by atoms with E-state index in [0.717, 1.165) is 41.9 Å². The topological polar surface area (TPSA) is 63.9 Å². The van der Waals surface area contributed by atoms with E-state index in [1.165, 1.54) is 0 Å². The Hall–Kier alpha value is -2.76. The molecule has 3 heterocycles. The molecule has 2 aromatic heterocycles. The minimum Gasteiger partial charge on any atom is -0.333 e. The van der Waals surface area contributed by atoms with Crippen molar-refractivity contribution in [2.75, 3.05) is 6.54 Å². The summed E-state index contributed by atoms with van der Waals surface area (Å²) in [5, 5.41) is 0. The molecule has 24 heavy (non-hydrogen) atoms. The smallest absolute Gasteiger partial charge is 0.243 e. The van der Waals surface area contributed by atoms with Gasteiger partial charge in [-0.25, -0.2) is 15.0 Å². The van der Waals surface area contributed by atoms with E-state index in [9.17, 15) is 4.79 Å². The van der Waals surface area contributed by atoms with Gasteiger partial charge < -0.3 is 9.47 Å². The van der Waals surface area contributed by atoms with Gasteiger partial charge in [-0.15, -0.1) is 0 Å². The zero-order valence-electron chi connectivity index (χ0n) is 13.6. The summed E-state index contributed by atoms with van der Waals surface area (Å²) in [5.74, 6) is 0.977. The number of amides is 1. The number of para-hydroxylation sites is 2. The second kappa shape index (κ2) is 6.03. The molecule has 122 valence electrons. The van der Waals surface area contributed by atoms with Crippen molar-refractivity contribution >= 4 is 16.9 Å². The number of likely N-dealkylation sites (tertiary alicyclic amines) is 1. The Morgan fingerprint density at radius 1 is 1.29 bits per heavy atom. The second-order valence-electron chi connectivity index (χ2n) is 6.11. The van der Waals surface area contributed by atoms with Gasteiger partial charge in [0.05, 0.1) is 22.8 Å². The van der Waals surface area contributed by atoms with Crippen LogP contribution < -0.4 is 0 Å². The molecule has 3 aromatic rings. The van der Waals surface area contributed by atoms with Crippen molar-refractivity contribution < 1.29 is 4.79 Å². The summed E-state index contributed by atoms with van der Waals surface area (Å²) in [6, 6.07) is 9.87. The van der Waals surface area contributed by atoms with Crippen molar-refractivity contribution in [2.24, 2.45) is 0 Å². The molecule has 0 spiro atoms. The van der Waals surface area contributed by atoms with Crippen molar-refractivity contribution in [3.63, 3.8) is 0 Å². The standard InChI is InChI=1S/C18H19N5O/c1-13-21-15-5-2-3-6-17(15)23(13)11-18(24)22-10-4-7-16(22)14-8-9-19-12-20-14/h2-3,5-6,8-9,12,16H,4,7,10-11H2,1H3/t16-/m0/s1. The van der Waals surface area contributed by atoms with E-state index in [1.54, 1.807) is 12.5 Å². The van der Waals surface area contributed by atoms with Crippen LogP contribution in [0.1, 0.15) is 30.4 Å². The molecule has 0 unspecified atom stereocenters. The van der Waals surface area contributed by atoms with Crippen LogP contribution in [0.15, 0.2) is 42.9 Å². The molecule has 0 saturated carbocycles. The molecule has 1 fully saturated rings. The fourth-order valence-electron chi connectivity index (χ4n) is 3.49. The summed E-state index contributed by atoms with van der Waals surface area (Å²) in [4.78, 5) is 27.7. The summed E-state index contributed by atoms with van der Waals surface area (Å²) in [7, 11) is 0. The summed E-state index contributed by atoms with van der Waals surface area (Å²) in [5.41, 5.74) is 2.85. The van der Waals surface area contributed by atoms with Gasteiger partial charge in [-0.1, -0.05) is 12.1 Å². The molecule has 1 saturated heterocycles. The molecular formula is C18H19N5O. The van der Waals surface area contributed by atoms with E-state index in [4.69, 9.17) is 0 Å². The van der Waals surface area contributed by atoms with Gasteiger partial charge in [-0.05, 0) is 38.0 Å². The minimum atomic E-state index is 0.0515. The molecule has 0 N–H and O–H groups in total. The molecule has 1 aromatic carbocycles. The first-order chi connectivity index (χ1) is 11.7. The zero-order chi connectivity index (χ0) is 16.5. The quantitative estimate of drug-likeness (QED) is 0.743. The van der Waals surface area contributed by atoms with Crippen LogP contribution in [0.4, 0.5) is 0 Å². The predicted molar refractivity (Wildman–Crippen MR) is 90.2 cm³/mol. The first-order valence-corrected chi connectivity index (χ1v) is 8.21. The number of fused-ring (bicyclic) bond motifs is 1. The van der Waals surface area contributed by atoms with Gasteiger partial charge >= 0.3 is 0 Å². The molecule has 1 atom stereocenters. The minimum absolute atomic E-state index is 0.0515. The lowest BCUT2D eigenvalue weighted by Crippen LogP contribution is -2.34. The highest BCUT2D eigenvalue weighted by atomic mass is 16.2. The summed E-state index contributed by atoms with van der Waals surface area (Å²) in [6.07, 6.45) is 5.23. The highest BCUT2D eigenvalue weighted by molar-refractivity contribution is 5.81. The van der Waals surface area contributed by atoms with Crippen molar-refractivity contribution in [1.29, 1.82) is 0 Å². The fourth-order valence-corrected chi connectivity index (χ4v) is 3.49. The molecule has 1 aliphatic heterocycles. The number of benzene rings is 1. The van der Waals surface area contributed by atoms with Gasteiger partial charge in [-0.3, -0.25) is 4.79 Å². The van der Waals surface area contributed by atoms with Gasteiger partial charge in [-0.2, -0.15) is 0 Å². The fraction of sp³-hybridized carbons (Fsp3) is 0.333. The number of imidazole rings is 1.